The summed E-state index contributed by atoms with van der Waals surface area (Å²) < 4.78 is 0. The third-order valence-corrected chi connectivity index (χ3v) is 5.39. The van der Waals surface area contributed by atoms with Gasteiger partial charge in [0.1, 0.15) is 5.76 Å². The molecule has 4 heteroatoms. The van der Waals surface area contributed by atoms with Crippen molar-refractivity contribution >= 4 is 17.3 Å². The van der Waals surface area contributed by atoms with Gasteiger partial charge in [-0.05, 0) is 61.8 Å². The molecule has 0 fully saturated rings. The molecular weight excluding hydrogens is 340 g/mol. The Morgan fingerprint density at radius 1 is 1.00 bits per heavy atom. The molecule has 0 saturated heterocycles. The molecule has 0 radical (unpaired) electrons. The summed E-state index contributed by atoms with van der Waals surface area (Å²) in [6.07, 6.45) is 2.66. The van der Waals surface area contributed by atoms with Crippen molar-refractivity contribution < 1.29 is 19.5 Å². The van der Waals surface area contributed by atoms with Crippen molar-refractivity contribution in [3.8, 4) is 0 Å². The number of carbonyl (C=O) groups excluding carboxylic acids is 3. The molecule has 1 N–H and O–H groups in total. The molecule has 27 heavy (non-hydrogen) atoms. The van der Waals surface area contributed by atoms with Gasteiger partial charge in [-0.3, -0.25) is 14.4 Å². The van der Waals surface area contributed by atoms with E-state index in [2.05, 4.69) is 0 Å². The summed E-state index contributed by atoms with van der Waals surface area (Å²) in [6.45, 7) is 9.71. The van der Waals surface area contributed by atoms with E-state index in [-0.39, 0.29) is 53.9 Å². The molecule has 2 rings (SSSR count). The highest BCUT2D eigenvalue weighted by molar-refractivity contribution is 6.21. The van der Waals surface area contributed by atoms with Crippen molar-refractivity contribution in [2.45, 2.75) is 79.1 Å². The lowest BCUT2D eigenvalue weighted by Gasteiger charge is -2.27. The number of rotatable bonds is 7. The van der Waals surface area contributed by atoms with E-state index in [9.17, 15) is 19.5 Å². The molecule has 0 aromatic heterocycles. The summed E-state index contributed by atoms with van der Waals surface area (Å²) in [6, 6.07) is 1.99. The number of hydrogen-bond acceptors (Lipinski definition) is 4. The molecule has 1 unspecified atom stereocenters. The highest BCUT2D eigenvalue weighted by Gasteiger charge is 2.34. The molecule has 1 aromatic carbocycles. The van der Waals surface area contributed by atoms with Crippen LogP contribution in [0.5, 0.6) is 0 Å². The van der Waals surface area contributed by atoms with Crippen LogP contribution in [-0.4, -0.2) is 22.5 Å². The minimum atomic E-state index is -0.289. The monoisotopic (exact) mass is 370 g/mol. The summed E-state index contributed by atoms with van der Waals surface area (Å²) >= 11 is 0. The Morgan fingerprint density at radius 2 is 1.59 bits per heavy atom. The number of hydrogen-bond donors (Lipinski definition) is 1. The first-order chi connectivity index (χ1) is 12.7. The maximum absolute atomic E-state index is 12.6. The number of ketones is 3. The number of benzene rings is 1. The topological polar surface area (TPSA) is 71.4 Å². The zero-order valence-corrected chi connectivity index (χ0v) is 17.1. The van der Waals surface area contributed by atoms with Crippen molar-refractivity contribution in [2.75, 3.05) is 0 Å². The SMILES string of the molecule is CCCC(=O)C1=C(O)CC(c2c(C)cc(C)c(C(=O)CCC)c2C)CC1=O. The molecule has 0 heterocycles. The van der Waals surface area contributed by atoms with Gasteiger partial charge in [0, 0.05) is 31.2 Å². The highest BCUT2D eigenvalue weighted by atomic mass is 16.3. The first-order valence-corrected chi connectivity index (χ1v) is 9.85. The van der Waals surface area contributed by atoms with E-state index in [0.29, 0.717) is 12.8 Å². The molecule has 0 spiro atoms. The van der Waals surface area contributed by atoms with Crippen LogP contribution in [0.3, 0.4) is 0 Å². The normalized spacial score (nSPS) is 17.4. The standard InChI is InChI=1S/C23H30O4/c1-6-8-17(24)22-14(4)10-13(3)21(15(22)5)16-11-19(26)23(20(27)12-16)18(25)9-7-2/h10,16,26H,6-9,11-12H2,1-5H3. The minimum Gasteiger partial charge on any atom is -0.511 e. The quantitative estimate of drug-likeness (QED) is 0.527. The molecule has 146 valence electrons. The Balaban J connectivity index is 2.48. The van der Waals surface area contributed by atoms with Gasteiger partial charge in [0.05, 0.1) is 5.57 Å². The maximum atomic E-state index is 12.6. The van der Waals surface area contributed by atoms with Gasteiger partial charge in [-0.15, -0.1) is 0 Å². The first-order valence-electron chi connectivity index (χ1n) is 9.85. The molecule has 4 nitrogen and oxygen atoms in total. The molecule has 0 aliphatic heterocycles. The van der Waals surface area contributed by atoms with Gasteiger partial charge in [0.25, 0.3) is 0 Å². The average Bonchev–Trinajstić information content (AvgIpc) is 2.54. The van der Waals surface area contributed by atoms with Gasteiger partial charge >= 0.3 is 0 Å². The van der Waals surface area contributed by atoms with Crippen LogP contribution >= 0.6 is 0 Å². The summed E-state index contributed by atoms with van der Waals surface area (Å²) in [7, 11) is 0. The van der Waals surface area contributed by atoms with Gasteiger partial charge in [0.15, 0.2) is 17.3 Å². The predicted molar refractivity (Wildman–Crippen MR) is 106 cm³/mol. The van der Waals surface area contributed by atoms with Crippen LogP contribution in [0.2, 0.25) is 0 Å². The van der Waals surface area contributed by atoms with Crippen LogP contribution in [0, 0.1) is 20.8 Å². The number of carbonyl (C=O) groups is 3. The number of allylic oxidation sites excluding steroid dienone is 2. The van der Waals surface area contributed by atoms with E-state index in [4.69, 9.17) is 0 Å². The second-order valence-corrected chi connectivity index (χ2v) is 7.62. The van der Waals surface area contributed by atoms with E-state index in [0.717, 1.165) is 34.2 Å². The fraction of sp³-hybridized carbons (Fsp3) is 0.522. The van der Waals surface area contributed by atoms with Crippen LogP contribution in [0.15, 0.2) is 17.4 Å². The molecule has 1 aliphatic carbocycles. The van der Waals surface area contributed by atoms with Gasteiger partial charge in [-0.2, -0.15) is 0 Å². The van der Waals surface area contributed by atoms with Gasteiger partial charge in [-0.1, -0.05) is 19.9 Å². The Hall–Kier alpha value is -2.23. The molecule has 0 amide bonds. The smallest absolute Gasteiger partial charge is 0.170 e. The van der Waals surface area contributed by atoms with Crippen molar-refractivity contribution in [3.05, 3.63) is 45.2 Å². The van der Waals surface area contributed by atoms with Crippen LogP contribution in [0.4, 0.5) is 0 Å². The second-order valence-electron chi connectivity index (χ2n) is 7.62. The van der Waals surface area contributed by atoms with Gasteiger partial charge < -0.3 is 5.11 Å². The third-order valence-electron chi connectivity index (χ3n) is 5.39. The Morgan fingerprint density at radius 3 is 2.15 bits per heavy atom. The molecule has 1 aromatic rings. The van der Waals surface area contributed by atoms with Crippen LogP contribution in [0.25, 0.3) is 0 Å². The zero-order chi connectivity index (χ0) is 20.3. The number of aliphatic hydroxyl groups excluding tert-OH is 1. The van der Waals surface area contributed by atoms with Crippen molar-refractivity contribution in [1.82, 2.24) is 0 Å². The fourth-order valence-electron chi connectivity index (χ4n) is 4.38. The Bertz CT molecular complexity index is 814. The van der Waals surface area contributed by atoms with Crippen molar-refractivity contribution in [2.24, 2.45) is 0 Å². The summed E-state index contributed by atoms with van der Waals surface area (Å²) in [4.78, 5) is 37.4. The lowest BCUT2D eigenvalue weighted by atomic mass is 9.76. The zero-order valence-electron chi connectivity index (χ0n) is 17.1. The Kier molecular flexibility index (Phi) is 6.74. The minimum absolute atomic E-state index is 0.0159. The number of aryl methyl sites for hydroxylation is 2. The van der Waals surface area contributed by atoms with Crippen LogP contribution in [-0.2, 0) is 9.59 Å². The predicted octanol–water partition coefficient (Wildman–Crippen LogP) is 5.22. The molecular formula is C23H30O4. The highest BCUT2D eigenvalue weighted by Crippen LogP contribution is 2.39. The number of Topliss-reactive ketones (excluding diaryl/α,β-unsaturated/α-hetero) is 3. The molecule has 0 saturated carbocycles. The van der Waals surface area contributed by atoms with Crippen molar-refractivity contribution in [3.63, 3.8) is 0 Å². The second kappa shape index (κ2) is 8.64. The van der Waals surface area contributed by atoms with Crippen molar-refractivity contribution in [1.29, 1.82) is 0 Å². The molecule has 1 aliphatic rings. The van der Waals surface area contributed by atoms with E-state index >= 15 is 0 Å². The summed E-state index contributed by atoms with van der Waals surface area (Å²) in [5, 5.41) is 10.4. The van der Waals surface area contributed by atoms with Gasteiger partial charge in [-0.25, -0.2) is 0 Å². The largest absolute Gasteiger partial charge is 0.511 e. The van der Waals surface area contributed by atoms with E-state index < -0.39 is 0 Å². The first kappa shape index (κ1) is 21.1. The molecule has 1 atom stereocenters. The molecule has 0 bridgehead atoms. The van der Waals surface area contributed by atoms with E-state index in [1.807, 2.05) is 40.7 Å². The summed E-state index contributed by atoms with van der Waals surface area (Å²) in [5.41, 5.74) is 4.56. The fourth-order valence-corrected chi connectivity index (χ4v) is 4.38. The lowest BCUT2D eigenvalue weighted by molar-refractivity contribution is -0.122. The third kappa shape index (κ3) is 4.20. The van der Waals surface area contributed by atoms with E-state index in [1.165, 1.54) is 0 Å². The average molecular weight is 370 g/mol. The Labute approximate surface area is 161 Å². The lowest BCUT2D eigenvalue weighted by Crippen LogP contribution is -2.25. The summed E-state index contributed by atoms with van der Waals surface area (Å²) in [5.74, 6) is -0.743. The van der Waals surface area contributed by atoms with E-state index in [1.54, 1.807) is 0 Å². The number of aliphatic hydroxyl groups is 1. The van der Waals surface area contributed by atoms with Gasteiger partial charge in [0.2, 0.25) is 0 Å². The van der Waals surface area contributed by atoms with Crippen LogP contribution in [0.1, 0.15) is 90.9 Å². The van der Waals surface area contributed by atoms with Crippen LogP contribution < -0.4 is 0 Å². The maximum Gasteiger partial charge on any atom is 0.170 e.